The van der Waals surface area contributed by atoms with E-state index < -0.39 is 5.97 Å². The average molecular weight is 364 g/mol. The molecule has 0 saturated heterocycles. The van der Waals surface area contributed by atoms with Crippen LogP contribution in [0.3, 0.4) is 0 Å². The predicted octanol–water partition coefficient (Wildman–Crippen LogP) is 3.22. The number of ether oxygens (including phenoxy) is 2. The highest BCUT2D eigenvalue weighted by atomic mass is 16.5. The fourth-order valence-corrected chi connectivity index (χ4v) is 2.37. The standard InChI is InChI=1S/C20H20N4O3/c1-3-26-20(25)18-19(27-14-16-10-5-4-6-11-16)24(23-22-18)21-13-17-12-8-7-9-15(17)2/h4-13H,3,14H2,1-2H3. The third-order valence-corrected chi connectivity index (χ3v) is 3.80. The van der Waals surface area contributed by atoms with Gasteiger partial charge in [-0.3, -0.25) is 0 Å². The largest absolute Gasteiger partial charge is 0.470 e. The minimum absolute atomic E-state index is 0.00489. The molecule has 1 aromatic heterocycles. The van der Waals surface area contributed by atoms with Crippen LogP contribution in [0.5, 0.6) is 5.88 Å². The van der Waals surface area contributed by atoms with Crippen LogP contribution in [-0.4, -0.2) is 33.9 Å². The number of rotatable bonds is 7. The van der Waals surface area contributed by atoms with Gasteiger partial charge in [0.15, 0.2) is 0 Å². The van der Waals surface area contributed by atoms with Gasteiger partial charge in [0, 0.05) is 0 Å². The zero-order valence-electron chi connectivity index (χ0n) is 15.2. The van der Waals surface area contributed by atoms with Gasteiger partial charge in [-0.05, 0) is 35.8 Å². The lowest BCUT2D eigenvalue weighted by Crippen LogP contribution is -2.09. The minimum Gasteiger partial charge on any atom is -0.470 e. The van der Waals surface area contributed by atoms with Crippen LogP contribution in [0.25, 0.3) is 0 Å². The number of benzene rings is 2. The zero-order chi connectivity index (χ0) is 19.1. The number of carbonyl (C=O) groups excluding carboxylic acids is 1. The second kappa shape index (κ2) is 8.75. The normalized spacial score (nSPS) is 10.9. The fourth-order valence-electron chi connectivity index (χ4n) is 2.37. The first-order valence-corrected chi connectivity index (χ1v) is 8.58. The summed E-state index contributed by atoms with van der Waals surface area (Å²) >= 11 is 0. The van der Waals surface area contributed by atoms with Crippen molar-refractivity contribution in [2.45, 2.75) is 20.5 Å². The van der Waals surface area contributed by atoms with Crippen molar-refractivity contribution in [2.75, 3.05) is 6.61 Å². The topological polar surface area (TPSA) is 78.6 Å². The van der Waals surface area contributed by atoms with Gasteiger partial charge in [0.2, 0.25) is 5.69 Å². The first-order chi connectivity index (χ1) is 13.2. The monoisotopic (exact) mass is 364 g/mol. The molecule has 27 heavy (non-hydrogen) atoms. The molecule has 0 spiro atoms. The zero-order valence-corrected chi connectivity index (χ0v) is 15.2. The quantitative estimate of drug-likeness (QED) is 0.475. The van der Waals surface area contributed by atoms with Gasteiger partial charge in [0.1, 0.15) is 6.61 Å². The fraction of sp³-hybridized carbons (Fsp3) is 0.200. The first kappa shape index (κ1) is 18.3. The Kier molecular flexibility index (Phi) is 5.94. The van der Waals surface area contributed by atoms with Crippen LogP contribution in [0.2, 0.25) is 0 Å². The molecule has 7 nitrogen and oxygen atoms in total. The molecule has 3 aromatic rings. The van der Waals surface area contributed by atoms with Crippen LogP contribution in [0, 0.1) is 6.92 Å². The maximum absolute atomic E-state index is 12.1. The molecule has 0 aliphatic carbocycles. The van der Waals surface area contributed by atoms with Gasteiger partial charge < -0.3 is 9.47 Å². The van der Waals surface area contributed by atoms with E-state index in [4.69, 9.17) is 9.47 Å². The highest BCUT2D eigenvalue weighted by Crippen LogP contribution is 2.19. The number of esters is 1. The van der Waals surface area contributed by atoms with Crippen LogP contribution in [-0.2, 0) is 11.3 Å². The lowest BCUT2D eigenvalue weighted by molar-refractivity contribution is 0.0513. The Hall–Kier alpha value is -3.48. The van der Waals surface area contributed by atoms with Crippen molar-refractivity contribution < 1.29 is 14.3 Å². The molecule has 1 heterocycles. The molecule has 3 rings (SSSR count). The van der Waals surface area contributed by atoms with Gasteiger partial charge in [0.05, 0.1) is 12.8 Å². The van der Waals surface area contributed by atoms with E-state index in [0.717, 1.165) is 16.7 Å². The Labute approximate surface area is 157 Å². The summed E-state index contributed by atoms with van der Waals surface area (Å²) < 4.78 is 10.8. The second-order valence-electron chi connectivity index (χ2n) is 5.73. The molecule has 0 bridgehead atoms. The summed E-state index contributed by atoms with van der Waals surface area (Å²) in [7, 11) is 0. The molecule has 0 amide bonds. The Balaban J connectivity index is 1.88. The van der Waals surface area contributed by atoms with E-state index in [1.54, 1.807) is 13.1 Å². The Bertz CT molecular complexity index is 935. The molecule has 0 aliphatic rings. The summed E-state index contributed by atoms with van der Waals surface area (Å²) in [4.78, 5) is 13.3. The molecular weight excluding hydrogens is 344 g/mol. The van der Waals surface area contributed by atoms with Crippen molar-refractivity contribution in [1.82, 2.24) is 15.1 Å². The third-order valence-electron chi connectivity index (χ3n) is 3.80. The molecule has 138 valence electrons. The molecule has 0 saturated carbocycles. The summed E-state index contributed by atoms with van der Waals surface area (Å²) in [6.07, 6.45) is 1.65. The van der Waals surface area contributed by atoms with Crippen molar-refractivity contribution in [1.29, 1.82) is 0 Å². The third kappa shape index (κ3) is 4.58. The smallest absolute Gasteiger partial charge is 0.364 e. The van der Waals surface area contributed by atoms with E-state index in [1.807, 2.05) is 61.5 Å². The van der Waals surface area contributed by atoms with Gasteiger partial charge in [-0.1, -0.05) is 59.4 Å². The lowest BCUT2D eigenvalue weighted by atomic mass is 10.1. The number of carbonyl (C=O) groups is 1. The molecule has 0 aliphatic heterocycles. The molecule has 0 unspecified atom stereocenters. The molecule has 2 aromatic carbocycles. The SMILES string of the molecule is CCOC(=O)c1nnn(N=Cc2ccccc2C)c1OCc1ccccc1. The summed E-state index contributed by atoms with van der Waals surface area (Å²) in [5, 5.41) is 12.1. The second-order valence-corrected chi connectivity index (χ2v) is 5.73. The summed E-state index contributed by atoms with van der Waals surface area (Å²) in [6.45, 7) is 4.19. The van der Waals surface area contributed by atoms with Crippen LogP contribution < -0.4 is 4.74 Å². The van der Waals surface area contributed by atoms with E-state index in [0.29, 0.717) is 0 Å². The van der Waals surface area contributed by atoms with Crippen LogP contribution in [0.1, 0.15) is 34.1 Å². The van der Waals surface area contributed by atoms with Crippen molar-refractivity contribution in [3.63, 3.8) is 0 Å². The maximum atomic E-state index is 12.1. The Morgan fingerprint density at radius 2 is 1.89 bits per heavy atom. The molecule has 7 heteroatoms. The number of hydrogen-bond acceptors (Lipinski definition) is 6. The first-order valence-electron chi connectivity index (χ1n) is 8.58. The number of hydrogen-bond donors (Lipinski definition) is 0. The van der Waals surface area contributed by atoms with E-state index in [-0.39, 0.29) is 24.8 Å². The molecule has 0 N–H and O–H groups in total. The molecule has 0 radical (unpaired) electrons. The number of aromatic nitrogens is 3. The van der Waals surface area contributed by atoms with Crippen molar-refractivity contribution in [2.24, 2.45) is 5.10 Å². The van der Waals surface area contributed by atoms with Gasteiger partial charge in [-0.2, -0.15) is 5.10 Å². The summed E-state index contributed by atoms with van der Waals surface area (Å²) in [5.41, 5.74) is 2.94. The number of aryl methyl sites for hydroxylation is 1. The van der Waals surface area contributed by atoms with E-state index in [1.165, 1.54) is 4.79 Å². The lowest BCUT2D eigenvalue weighted by Gasteiger charge is -2.07. The van der Waals surface area contributed by atoms with E-state index >= 15 is 0 Å². The van der Waals surface area contributed by atoms with Crippen LogP contribution in [0.15, 0.2) is 59.7 Å². The van der Waals surface area contributed by atoms with Crippen LogP contribution in [0.4, 0.5) is 0 Å². The Morgan fingerprint density at radius 3 is 2.63 bits per heavy atom. The maximum Gasteiger partial charge on any atom is 0.364 e. The molecule has 0 atom stereocenters. The molecular formula is C20H20N4O3. The summed E-state index contributed by atoms with van der Waals surface area (Å²) in [5.74, 6) is -0.458. The van der Waals surface area contributed by atoms with Gasteiger partial charge in [-0.15, -0.1) is 5.10 Å². The van der Waals surface area contributed by atoms with Crippen molar-refractivity contribution in [3.8, 4) is 5.88 Å². The van der Waals surface area contributed by atoms with Crippen molar-refractivity contribution in [3.05, 3.63) is 77.0 Å². The Morgan fingerprint density at radius 1 is 1.15 bits per heavy atom. The highest BCUT2D eigenvalue weighted by molar-refractivity contribution is 5.89. The van der Waals surface area contributed by atoms with Crippen molar-refractivity contribution >= 4 is 12.2 Å². The predicted molar refractivity (Wildman–Crippen MR) is 101 cm³/mol. The van der Waals surface area contributed by atoms with E-state index in [2.05, 4.69) is 15.4 Å². The van der Waals surface area contributed by atoms with Crippen LogP contribution >= 0.6 is 0 Å². The molecule has 0 fully saturated rings. The van der Waals surface area contributed by atoms with E-state index in [9.17, 15) is 4.79 Å². The van der Waals surface area contributed by atoms with Gasteiger partial charge in [0.25, 0.3) is 5.88 Å². The average Bonchev–Trinajstić information content (AvgIpc) is 3.09. The van der Waals surface area contributed by atoms with Gasteiger partial charge in [-0.25, -0.2) is 4.79 Å². The minimum atomic E-state index is -0.599. The number of nitrogens with zero attached hydrogens (tertiary/aromatic N) is 4. The highest BCUT2D eigenvalue weighted by Gasteiger charge is 2.22. The van der Waals surface area contributed by atoms with Gasteiger partial charge >= 0.3 is 5.97 Å². The summed E-state index contributed by atoms with van der Waals surface area (Å²) in [6, 6.07) is 17.4.